The SMILES string of the molecule is COCC(C)(NC(=O)c1cnc2cc(C)ccn2c1=O)C(=O)O. The van der Waals surface area contributed by atoms with Crippen LogP contribution in [0.4, 0.5) is 0 Å². The molecule has 1 atom stereocenters. The minimum Gasteiger partial charge on any atom is -0.479 e. The van der Waals surface area contributed by atoms with Crippen LogP contribution in [0.25, 0.3) is 5.65 Å². The van der Waals surface area contributed by atoms with E-state index < -0.39 is 23.0 Å². The second kappa shape index (κ2) is 6.17. The quantitative estimate of drug-likeness (QED) is 0.816. The summed E-state index contributed by atoms with van der Waals surface area (Å²) in [5.41, 5.74) is -1.13. The fraction of sp³-hybridized carbons (Fsp3) is 0.333. The zero-order chi connectivity index (χ0) is 17.2. The summed E-state index contributed by atoms with van der Waals surface area (Å²) in [4.78, 5) is 40.1. The summed E-state index contributed by atoms with van der Waals surface area (Å²) in [6.07, 6.45) is 2.66. The zero-order valence-corrected chi connectivity index (χ0v) is 13.0. The molecule has 0 bridgehead atoms. The third kappa shape index (κ3) is 3.21. The molecule has 0 spiro atoms. The van der Waals surface area contributed by atoms with Gasteiger partial charge >= 0.3 is 5.97 Å². The molecule has 0 saturated heterocycles. The second-order valence-electron chi connectivity index (χ2n) is 5.43. The molecule has 23 heavy (non-hydrogen) atoms. The Morgan fingerprint density at radius 3 is 2.78 bits per heavy atom. The maximum Gasteiger partial charge on any atom is 0.331 e. The molecule has 0 fully saturated rings. The van der Waals surface area contributed by atoms with E-state index >= 15 is 0 Å². The van der Waals surface area contributed by atoms with E-state index in [9.17, 15) is 19.5 Å². The van der Waals surface area contributed by atoms with Crippen molar-refractivity contribution in [1.82, 2.24) is 14.7 Å². The largest absolute Gasteiger partial charge is 0.479 e. The summed E-state index contributed by atoms with van der Waals surface area (Å²) < 4.78 is 6.06. The number of nitrogens with zero attached hydrogens (tertiary/aromatic N) is 2. The topological polar surface area (TPSA) is 110 Å². The van der Waals surface area contributed by atoms with E-state index in [1.807, 2.05) is 6.92 Å². The number of aryl methyl sites for hydroxylation is 1. The van der Waals surface area contributed by atoms with Crippen molar-refractivity contribution in [2.75, 3.05) is 13.7 Å². The number of aliphatic carboxylic acids is 1. The number of fused-ring (bicyclic) bond motifs is 1. The van der Waals surface area contributed by atoms with Crippen LogP contribution in [0.3, 0.4) is 0 Å². The van der Waals surface area contributed by atoms with Crippen LogP contribution in [0.15, 0.2) is 29.3 Å². The number of nitrogens with one attached hydrogen (secondary N) is 1. The number of carboxylic acids is 1. The van der Waals surface area contributed by atoms with Crippen molar-refractivity contribution < 1.29 is 19.4 Å². The molecule has 2 N–H and O–H groups in total. The molecule has 1 unspecified atom stereocenters. The molecule has 0 radical (unpaired) electrons. The Morgan fingerprint density at radius 2 is 2.17 bits per heavy atom. The van der Waals surface area contributed by atoms with Crippen LogP contribution in [0.2, 0.25) is 0 Å². The van der Waals surface area contributed by atoms with Gasteiger partial charge in [0.15, 0.2) is 5.54 Å². The number of hydrogen-bond acceptors (Lipinski definition) is 5. The zero-order valence-electron chi connectivity index (χ0n) is 13.0. The smallest absolute Gasteiger partial charge is 0.331 e. The standard InChI is InChI=1S/C15H17N3O5/c1-9-4-5-18-11(6-9)16-7-10(13(18)20)12(19)17-15(2,8-23-3)14(21)22/h4-7H,8H2,1-3H3,(H,17,19)(H,21,22). The summed E-state index contributed by atoms with van der Waals surface area (Å²) in [7, 11) is 1.32. The van der Waals surface area contributed by atoms with Crippen molar-refractivity contribution in [2.24, 2.45) is 0 Å². The van der Waals surface area contributed by atoms with Crippen molar-refractivity contribution in [3.8, 4) is 0 Å². The maximum absolute atomic E-state index is 12.4. The molecule has 2 aromatic rings. The normalized spacial score (nSPS) is 13.5. The molecule has 2 heterocycles. The Morgan fingerprint density at radius 1 is 1.48 bits per heavy atom. The molecular formula is C15H17N3O5. The van der Waals surface area contributed by atoms with Crippen molar-refractivity contribution in [2.45, 2.75) is 19.4 Å². The number of methoxy groups -OCH3 is 1. The molecule has 8 nitrogen and oxygen atoms in total. The number of pyridine rings is 1. The van der Waals surface area contributed by atoms with E-state index in [-0.39, 0.29) is 12.2 Å². The highest BCUT2D eigenvalue weighted by molar-refractivity contribution is 5.97. The van der Waals surface area contributed by atoms with E-state index in [0.29, 0.717) is 5.65 Å². The molecule has 1 amide bonds. The lowest BCUT2D eigenvalue weighted by Crippen LogP contribution is -2.56. The fourth-order valence-electron chi connectivity index (χ4n) is 2.09. The minimum absolute atomic E-state index is 0.240. The predicted molar refractivity (Wildman–Crippen MR) is 81.6 cm³/mol. The molecule has 0 aliphatic heterocycles. The Balaban J connectivity index is 2.42. The van der Waals surface area contributed by atoms with Crippen LogP contribution < -0.4 is 10.9 Å². The summed E-state index contributed by atoms with van der Waals surface area (Å²) in [5.74, 6) is -2.09. The van der Waals surface area contributed by atoms with Gasteiger partial charge in [0.1, 0.15) is 11.2 Å². The van der Waals surface area contributed by atoms with E-state index in [4.69, 9.17) is 4.74 Å². The van der Waals surface area contributed by atoms with Crippen LogP contribution in [-0.4, -0.2) is 45.6 Å². The molecule has 0 saturated carbocycles. The molecule has 2 rings (SSSR count). The van der Waals surface area contributed by atoms with E-state index in [2.05, 4.69) is 10.3 Å². The van der Waals surface area contributed by atoms with Crippen molar-refractivity contribution in [3.63, 3.8) is 0 Å². The first-order valence-electron chi connectivity index (χ1n) is 6.81. The summed E-state index contributed by atoms with van der Waals surface area (Å²) >= 11 is 0. The van der Waals surface area contributed by atoms with E-state index in [1.54, 1.807) is 12.1 Å². The van der Waals surface area contributed by atoms with Gasteiger partial charge in [0, 0.05) is 19.5 Å². The fourth-order valence-corrected chi connectivity index (χ4v) is 2.09. The molecule has 0 aromatic carbocycles. The summed E-state index contributed by atoms with van der Waals surface area (Å²) in [5, 5.41) is 11.5. The van der Waals surface area contributed by atoms with Crippen LogP contribution in [-0.2, 0) is 9.53 Å². The van der Waals surface area contributed by atoms with Crippen LogP contribution in [0, 0.1) is 6.92 Å². The number of ether oxygens (including phenoxy) is 1. The number of carbonyl (C=O) groups is 2. The van der Waals surface area contributed by atoms with Crippen LogP contribution in [0.5, 0.6) is 0 Å². The Kier molecular flexibility index (Phi) is 4.46. The summed E-state index contributed by atoms with van der Waals surface area (Å²) in [6.45, 7) is 2.91. The van der Waals surface area contributed by atoms with Gasteiger partial charge in [-0.3, -0.25) is 14.0 Å². The van der Waals surface area contributed by atoms with Crippen LogP contribution in [0.1, 0.15) is 22.8 Å². The average molecular weight is 319 g/mol. The Hall–Kier alpha value is -2.74. The van der Waals surface area contributed by atoms with Gasteiger partial charge in [-0.25, -0.2) is 9.78 Å². The van der Waals surface area contributed by atoms with Gasteiger partial charge in [-0.15, -0.1) is 0 Å². The lowest BCUT2D eigenvalue weighted by atomic mass is 10.0. The Labute approximate surface area is 131 Å². The number of hydrogen-bond donors (Lipinski definition) is 2. The van der Waals surface area contributed by atoms with Gasteiger partial charge in [-0.05, 0) is 31.5 Å². The predicted octanol–water partition coefficient (Wildman–Crippen LogP) is 0.222. The van der Waals surface area contributed by atoms with E-state index in [0.717, 1.165) is 11.8 Å². The van der Waals surface area contributed by atoms with Crippen molar-refractivity contribution in [1.29, 1.82) is 0 Å². The minimum atomic E-state index is -1.65. The Bertz CT molecular complexity index is 829. The molecule has 0 aliphatic rings. The maximum atomic E-state index is 12.4. The molecule has 8 heteroatoms. The highest BCUT2D eigenvalue weighted by Gasteiger charge is 2.36. The van der Waals surface area contributed by atoms with E-state index in [1.165, 1.54) is 24.6 Å². The number of aromatic nitrogens is 2. The van der Waals surface area contributed by atoms with Gasteiger partial charge in [0.2, 0.25) is 0 Å². The first-order valence-corrected chi connectivity index (χ1v) is 6.81. The molecule has 2 aromatic heterocycles. The lowest BCUT2D eigenvalue weighted by Gasteiger charge is -2.25. The van der Waals surface area contributed by atoms with Crippen LogP contribution >= 0.6 is 0 Å². The number of carboxylic acid groups (broad SMARTS) is 1. The van der Waals surface area contributed by atoms with Crippen molar-refractivity contribution >= 4 is 17.5 Å². The number of rotatable bonds is 5. The average Bonchev–Trinajstić information content (AvgIpc) is 2.47. The molecule has 122 valence electrons. The second-order valence-corrected chi connectivity index (χ2v) is 5.43. The monoisotopic (exact) mass is 319 g/mol. The van der Waals surface area contributed by atoms with Gasteiger partial charge < -0.3 is 15.2 Å². The highest BCUT2D eigenvalue weighted by Crippen LogP contribution is 2.07. The summed E-state index contributed by atoms with van der Waals surface area (Å²) in [6, 6.07) is 3.42. The number of amides is 1. The lowest BCUT2D eigenvalue weighted by molar-refractivity contribution is -0.145. The first-order chi connectivity index (χ1) is 10.8. The third-order valence-electron chi connectivity index (χ3n) is 3.40. The van der Waals surface area contributed by atoms with Gasteiger partial charge in [0.05, 0.1) is 6.61 Å². The third-order valence-corrected chi connectivity index (χ3v) is 3.40. The van der Waals surface area contributed by atoms with Crippen molar-refractivity contribution in [3.05, 3.63) is 46.0 Å². The van der Waals surface area contributed by atoms with Gasteiger partial charge in [-0.2, -0.15) is 0 Å². The number of carbonyl (C=O) groups excluding carboxylic acids is 1. The van der Waals surface area contributed by atoms with Gasteiger partial charge in [-0.1, -0.05) is 0 Å². The molecular weight excluding hydrogens is 302 g/mol. The molecule has 0 aliphatic carbocycles. The first kappa shape index (κ1) is 16.6. The van der Waals surface area contributed by atoms with Gasteiger partial charge in [0.25, 0.3) is 11.5 Å². The highest BCUT2D eigenvalue weighted by atomic mass is 16.5.